The molecule has 0 heterocycles. The zero-order valence-corrected chi connectivity index (χ0v) is 13.0. The fourth-order valence-corrected chi connectivity index (χ4v) is 4.90. The first-order valence-corrected chi connectivity index (χ1v) is 8.66. The fraction of sp³-hybridized carbons (Fsp3) is 0.200. The van der Waals surface area contributed by atoms with E-state index in [1.54, 1.807) is 30.3 Å². The zero-order chi connectivity index (χ0) is 14.3. The lowest BCUT2D eigenvalue weighted by molar-refractivity contribution is 0.593. The highest BCUT2D eigenvalue weighted by Crippen LogP contribution is 2.47. The molecule has 0 spiro atoms. The minimum absolute atomic E-state index is 0.117. The van der Waals surface area contributed by atoms with Gasteiger partial charge in [-0.1, -0.05) is 46.3 Å². The molecule has 1 fully saturated rings. The van der Waals surface area contributed by atoms with Crippen LogP contribution in [-0.2, 0) is 9.84 Å². The van der Waals surface area contributed by atoms with Gasteiger partial charge in [0.2, 0.25) is 0 Å². The van der Waals surface area contributed by atoms with Crippen molar-refractivity contribution in [3.8, 4) is 0 Å². The molecule has 0 amide bonds. The quantitative estimate of drug-likeness (QED) is 0.924. The van der Waals surface area contributed by atoms with E-state index >= 15 is 0 Å². The molecule has 2 aromatic carbocycles. The molecule has 0 bridgehead atoms. The Morgan fingerprint density at radius 1 is 0.950 bits per heavy atom. The molecular weight excluding hydrogens is 338 g/mol. The summed E-state index contributed by atoms with van der Waals surface area (Å²) in [5.74, 6) is -0.117. The van der Waals surface area contributed by atoms with Gasteiger partial charge in [-0.3, -0.25) is 0 Å². The Balaban J connectivity index is 1.91. The lowest BCUT2D eigenvalue weighted by Crippen LogP contribution is -2.15. The number of halogens is 1. The van der Waals surface area contributed by atoms with Crippen LogP contribution in [-0.4, -0.2) is 19.7 Å². The van der Waals surface area contributed by atoms with Gasteiger partial charge in [0.25, 0.3) is 0 Å². The van der Waals surface area contributed by atoms with Crippen molar-refractivity contribution in [1.29, 1.82) is 0 Å². The minimum atomic E-state index is -3.36. The molecular formula is C15H14BrNO2S. The van der Waals surface area contributed by atoms with Crippen LogP contribution >= 0.6 is 15.9 Å². The van der Waals surface area contributed by atoms with Crippen LogP contribution in [0.1, 0.15) is 11.5 Å². The lowest BCUT2D eigenvalue weighted by atomic mass is 10.1. The SMILES string of the molecule is N[C@@H]1[C@@H](c2ccc(Br)cc2)[C@@H]1S(=O)(=O)c1ccccc1. The molecule has 3 atom stereocenters. The Hall–Kier alpha value is -1.17. The van der Waals surface area contributed by atoms with Gasteiger partial charge in [-0.25, -0.2) is 8.42 Å². The van der Waals surface area contributed by atoms with Crippen LogP contribution in [0, 0.1) is 0 Å². The second-order valence-electron chi connectivity index (χ2n) is 4.98. The van der Waals surface area contributed by atoms with E-state index in [2.05, 4.69) is 15.9 Å². The van der Waals surface area contributed by atoms with Crippen LogP contribution in [0.2, 0.25) is 0 Å². The highest BCUT2D eigenvalue weighted by Gasteiger charge is 2.56. The summed E-state index contributed by atoms with van der Waals surface area (Å²) in [4.78, 5) is 0.347. The molecule has 0 aromatic heterocycles. The van der Waals surface area contributed by atoms with E-state index in [0.29, 0.717) is 4.90 Å². The Kier molecular flexibility index (Phi) is 3.44. The normalized spacial score (nSPS) is 25.4. The average Bonchev–Trinajstić information content (AvgIpc) is 3.13. The van der Waals surface area contributed by atoms with Crippen LogP contribution in [0.3, 0.4) is 0 Å². The average molecular weight is 352 g/mol. The van der Waals surface area contributed by atoms with E-state index in [1.165, 1.54) is 0 Å². The summed E-state index contributed by atoms with van der Waals surface area (Å²) in [6.07, 6.45) is 0. The smallest absolute Gasteiger partial charge is 0.183 e. The number of nitrogens with two attached hydrogens (primary N) is 1. The maximum atomic E-state index is 12.6. The van der Waals surface area contributed by atoms with Crippen LogP contribution in [0.15, 0.2) is 64.0 Å². The van der Waals surface area contributed by atoms with Gasteiger partial charge in [0.1, 0.15) is 0 Å². The molecule has 5 heteroatoms. The van der Waals surface area contributed by atoms with Gasteiger partial charge < -0.3 is 5.73 Å². The highest BCUT2D eigenvalue weighted by molar-refractivity contribution is 9.10. The number of benzene rings is 2. The lowest BCUT2D eigenvalue weighted by Gasteiger charge is -2.04. The van der Waals surface area contributed by atoms with E-state index < -0.39 is 15.1 Å². The number of hydrogen-bond donors (Lipinski definition) is 1. The summed E-state index contributed by atoms with van der Waals surface area (Å²) in [6, 6.07) is 15.9. The summed E-state index contributed by atoms with van der Waals surface area (Å²) in [7, 11) is -3.36. The van der Waals surface area contributed by atoms with Gasteiger partial charge in [-0.2, -0.15) is 0 Å². The monoisotopic (exact) mass is 351 g/mol. The second kappa shape index (κ2) is 4.98. The summed E-state index contributed by atoms with van der Waals surface area (Å²) in [5, 5.41) is -0.522. The fourth-order valence-electron chi connectivity index (χ4n) is 2.57. The number of rotatable bonds is 3. The first-order chi connectivity index (χ1) is 9.51. The van der Waals surface area contributed by atoms with Crippen molar-refractivity contribution in [2.45, 2.75) is 22.1 Å². The Morgan fingerprint density at radius 2 is 1.55 bits per heavy atom. The largest absolute Gasteiger partial charge is 0.326 e. The molecule has 104 valence electrons. The van der Waals surface area contributed by atoms with Gasteiger partial charge in [0.05, 0.1) is 10.1 Å². The van der Waals surface area contributed by atoms with Gasteiger partial charge >= 0.3 is 0 Å². The molecule has 3 nitrogen and oxygen atoms in total. The third-order valence-electron chi connectivity index (χ3n) is 3.69. The van der Waals surface area contributed by atoms with Gasteiger partial charge in [0, 0.05) is 16.4 Å². The Bertz CT molecular complexity index is 713. The van der Waals surface area contributed by atoms with Crippen molar-refractivity contribution in [3.05, 3.63) is 64.6 Å². The molecule has 1 aliphatic carbocycles. The summed E-state index contributed by atoms with van der Waals surface area (Å²) in [6.45, 7) is 0. The van der Waals surface area contributed by atoms with Crippen molar-refractivity contribution >= 4 is 25.8 Å². The van der Waals surface area contributed by atoms with Crippen molar-refractivity contribution in [1.82, 2.24) is 0 Å². The van der Waals surface area contributed by atoms with Crippen molar-refractivity contribution in [2.24, 2.45) is 5.73 Å². The van der Waals surface area contributed by atoms with E-state index in [0.717, 1.165) is 10.0 Å². The Labute approximate surface area is 126 Å². The van der Waals surface area contributed by atoms with Crippen LogP contribution in [0.4, 0.5) is 0 Å². The summed E-state index contributed by atoms with van der Waals surface area (Å²) in [5.41, 5.74) is 6.99. The van der Waals surface area contributed by atoms with E-state index in [4.69, 9.17) is 5.73 Å². The molecule has 2 aromatic rings. The second-order valence-corrected chi connectivity index (χ2v) is 8.00. The zero-order valence-electron chi connectivity index (χ0n) is 10.6. The van der Waals surface area contributed by atoms with E-state index in [1.807, 2.05) is 24.3 Å². The minimum Gasteiger partial charge on any atom is -0.326 e. The van der Waals surface area contributed by atoms with Crippen LogP contribution < -0.4 is 5.73 Å². The van der Waals surface area contributed by atoms with Crippen molar-refractivity contribution < 1.29 is 8.42 Å². The first-order valence-electron chi connectivity index (χ1n) is 6.32. The molecule has 1 saturated carbocycles. The summed E-state index contributed by atoms with van der Waals surface area (Å²) >= 11 is 3.37. The molecule has 20 heavy (non-hydrogen) atoms. The predicted molar refractivity (Wildman–Crippen MR) is 82.3 cm³/mol. The molecule has 1 aliphatic rings. The third-order valence-corrected chi connectivity index (χ3v) is 6.47. The topological polar surface area (TPSA) is 60.2 Å². The van der Waals surface area contributed by atoms with E-state index in [-0.39, 0.29) is 12.0 Å². The van der Waals surface area contributed by atoms with Crippen LogP contribution in [0.5, 0.6) is 0 Å². The molecule has 0 saturated heterocycles. The maximum Gasteiger partial charge on any atom is 0.183 e. The summed E-state index contributed by atoms with van der Waals surface area (Å²) < 4.78 is 26.1. The van der Waals surface area contributed by atoms with Gasteiger partial charge in [0.15, 0.2) is 9.84 Å². The molecule has 3 rings (SSSR count). The van der Waals surface area contributed by atoms with Crippen molar-refractivity contribution in [3.63, 3.8) is 0 Å². The number of sulfone groups is 1. The standard InChI is InChI=1S/C15H14BrNO2S/c16-11-8-6-10(7-9-11)13-14(17)15(13)20(18,19)12-4-2-1-3-5-12/h1-9,13-15H,17H2/t13-,14-,15+/m1/s1. The van der Waals surface area contributed by atoms with E-state index in [9.17, 15) is 8.42 Å². The third kappa shape index (κ3) is 2.30. The molecule has 0 unspecified atom stereocenters. The number of hydrogen-bond acceptors (Lipinski definition) is 3. The van der Waals surface area contributed by atoms with Gasteiger partial charge in [-0.15, -0.1) is 0 Å². The molecule has 0 radical (unpaired) electrons. The first kappa shape index (κ1) is 13.8. The highest BCUT2D eigenvalue weighted by atomic mass is 79.9. The van der Waals surface area contributed by atoms with Gasteiger partial charge in [-0.05, 0) is 29.8 Å². The maximum absolute atomic E-state index is 12.6. The van der Waals surface area contributed by atoms with Crippen LogP contribution in [0.25, 0.3) is 0 Å². The molecule has 2 N–H and O–H groups in total. The molecule has 0 aliphatic heterocycles. The Morgan fingerprint density at radius 3 is 2.15 bits per heavy atom. The predicted octanol–water partition coefficient (Wildman–Crippen LogP) is 2.72. The van der Waals surface area contributed by atoms with Crippen molar-refractivity contribution in [2.75, 3.05) is 0 Å².